The first kappa shape index (κ1) is 35.0. The van der Waals surface area contributed by atoms with Gasteiger partial charge in [0.25, 0.3) is 0 Å². The van der Waals surface area contributed by atoms with Crippen LogP contribution >= 0.6 is 0 Å². The van der Waals surface area contributed by atoms with Gasteiger partial charge < -0.3 is 9.47 Å². The van der Waals surface area contributed by atoms with E-state index in [1.807, 2.05) is 0 Å². The summed E-state index contributed by atoms with van der Waals surface area (Å²) < 4.78 is 11.2. The van der Waals surface area contributed by atoms with Gasteiger partial charge in [-0.3, -0.25) is 9.59 Å². The number of ether oxygens (including phenoxy) is 2. The summed E-state index contributed by atoms with van der Waals surface area (Å²) in [4.78, 5) is 25.0. The number of carbonyl (C=O) groups is 2. The molecule has 1 aliphatic carbocycles. The predicted molar refractivity (Wildman–Crippen MR) is 160 cm³/mol. The Bertz CT molecular complexity index is 589. The molecule has 0 aromatic carbocycles. The first-order chi connectivity index (χ1) is 17.9. The van der Waals surface area contributed by atoms with E-state index in [-0.39, 0.29) is 23.8 Å². The molecule has 0 bridgehead atoms. The van der Waals surface area contributed by atoms with E-state index >= 15 is 0 Å². The van der Waals surface area contributed by atoms with Crippen LogP contribution in [0.5, 0.6) is 0 Å². The van der Waals surface area contributed by atoms with Crippen molar-refractivity contribution < 1.29 is 19.1 Å². The maximum Gasteiger partial charge on any atom is 0.308 e. The summed E-state index contributed by atoms with van der Waals surface area (Å²) in [6.45, 7) is 19.6. The summed E-state index contributed by atoms with van der Waals surface area (Å²) >= 11 is 0. The van der Waals surface area contributed by atoms with Crippen LogP contribution in [0, 0.1) is 34.5 Å². The first-order valence-electron chi connectivity index (χ1n) is 16.2. The molecule has 4 heteroatoms. The van der Waals surface area contributed by atoms with E-state index < -0.39 is 0 Å². The minimum Gasteiger partial charge on any atom is -0.465 e. The largest absolute Gasteiger partial charge is 0.465 e. The van der Waals surface area contributed by atoms with Crippen LogP contribution in [-0.4, -0.2) is 25.2 Å². The third kappa shape index (κ3) is 15.5. The third-order valence-electron chi connectivity index (χ3n) is 9.58. The molecule has 0 spiro atoms. The minimum atomic E-state index is -0.0644. The van der Waals surface area contributed by atoms with E-state index in [0.29, 0.717) is 35.9 Å². The second-order valence-electron chi connectivity index (χ2n) is 14.2. The van der Waals surface area contributed by atoms with Crippen LogP contribution in [0.15, 0.2) is 0 Å². The maximum absolute atomic E-state index is 12.5. The molecule has 0 aliphatic heterocycles. The lowest BCUT2D eigenvalue weighted by Gasteiger charge is -2.26. The summed E-state index contributed by atoms with van der Waals surface area (Å²) in [5, 5.41) is 0. The van der Waals surface area contributed by atoms with Crippen LogP contribution in [0.1, 0.15) is 158 Å². The van der Waals surface area contributed by atoms with Crippen LogP contribution in [0.4, 0.5) is 0 Å². The van der Waals surface area contributed by atoms with Crippen molar-refractivity contribution in [1.29, 1.82) is 0 Å². The average Bonchev–Trinajstić information content (AvgIpc) is 2.88. The lowest BCUT2D eigenvalue weighted by atomic mass is 9.82. The van der Waals surface area contributed by atoms with Crippen LogP contribution in [-0.2, 0) is 19.1 Å². The van der Waals surface area contributed by atoms with Crippen molar-refractivity contribution in [3.63, 3.8) is 0 Å². The van der Waals surface area contributed by atoms with E-state index in [1.165, 1.54) is 51.4 Å². The fourth-order valence-electron chi connectivity index (χ4n) is 5.51. The molecule has 1 aliphatic rings. The Morgan fingerprint density at radius 2 is 0.947 bits per heavy atom. The van der Waals surface area contributed by atoms with Gasteiger partial charge in [0, 0.05) is 0 Å². The predicted octanol–water partition coefficient (Wildman–Crippen LogP) is 9.92. The molecule has 0 aromatic rings. The summed E-state index contributed by atoms with van der Waals surface area (Å²) in [5.41, 5.74) is 0.907. The van der Waals surface area contributed by atoms with Crippen molar-refractivity contribution in [2.24, 2.45) is 34.5 Å². The van der Waals surface area contributed by atoms with Gasteiger partial charge in [-0.15, -0.1) is 0 Å². The van der Waals surface area contributed by atoms with Crippen molar-refractivity contribution in [3.05, 3.63) is 0 Å². The summed E-state index contributed by atoms with van der Waals surface area (Å²) in [5.74, 6) is 1.14. The fourth-order valence-corrected chi connectivity index (χ4v) is 5.51. The Balaban J connectivity index is 2.11. The molecule has 2 unspecified atom stereocenters. The van der Waals surface area contributed by atoms with Crippen molar-refractivity contribution in [3.8, 4) is 0 Å². The molecule has 0 radical (unpaired) electrons. The molecule has 4 nitrogen and oxygen atoms in total. The number of carbonyl (C=O) groups excluding carboxylic acids is 2. The lowest BCUT2D eigenvalue weighted by molar-refractivity contribution is -0.155. The topological polar surface area (TPSA) is 52.6 Å². The van der Waals surface area contributed by atoms with Crippen molar-refractivity contribution in [2.75, 3.05) is 13.2 Å². The Hall–Kier alpha value is -1.06. The average molecular weight is 537 g/mol. The summed E-state index contributed by atoms with van der Waals surface area (Å²) in [6.07, 6.45) is 17.2. The van der Waals surface area contributed by atoms with Gasteiger partial charge in [0.1, 0.15) is 0 Å². The monoisotopic (exact) mass is 536 g/mol. The molecule has 1 saturated carbocycles. The summed E-state index contributed by atoms with van der Waals surface area (Å²) in [6, 6.07) is 0. The Morgan fingerprint density at radius 3 is 1.26 bits per heavy atom. The molecule has 1 rings (SSSR count). The van der Waals surface area contributed by atoms with Crippen LogP contribution in [0.3, 0.4) is 0 Å². The highest BCUT2D eigenvalue weighted by Gasteiger charge is 2.31. The highest BCUT2D eigenvalue weighted by Crippen LogP contribution is 2.32. The van der Waals surface area contributed by atoms with Gasteiger partial charge in [-0.25, -0.2) is 0 Å². The standard InChI is InChI=1S/C34H64O4/c1-9-33(5,6)23-11-15-27(3)17-13-25-37-31(35)29-19-21-30(22-20-29)32(36)38-26-14-18-28(4)16-12-24-34(7,8)10-2/h27-30H,9-26H2,1-8H3. The van der Waals surface area contributed by atoms with Gasteiger partial charge in [-0.2, -0.15) is 0 Å². The van der Waals surface area contributed by atoms with Crippen molar-refractivity contribution >= 4 is 11.9 Å². The van der Waals surface area contributed by atoms with Crippen molar-refractivity contribution in [1.82, 2.24) is 0 Å². The van der Waals surface area contributed by atoms with Crippen molar-refractivity contribution in [2.45, 2.75) is 158 Å². The molecule has 1 fully saturated rings. The van der Waals surface area contributed by atoms with E-state index in [1.54, 1.807) is 0 Å². The zero-order chi connectivity index (χ0) is 28.6. The normalized spacial score (nSPS) is 20.1. The zero-order valence-corrected chi connectivity index (χ0v) is 26.7. The van der Waals surface area contributed by atoms with E-state index in [2.05, 4.69) is 55.4 Å². The van der Waals surface area contributed by atoms with Gasteiger partial charge in [0.15, 0.2) is 0 Å². The van der Waals surface area contributed by atoms with E-state index in [4.69, 9.17) is 9.47 Å². The van der Waals surface area contributed by atoms with Crippen LogP contribution in [0.25, 0.3) is 0 Å². The Morgan fingerprint density at radius 1 is 0.632 bits per heavy atom. The van der Waals surface area contributed by atoms with E-state index in [0.717, 1.165) is 51.4 Å². The SMILES string of the molecule is CCC(C)(C)CCCC(C)CCCOC(=O)C1CCC(C(=O)OCCCC(C)CCCC(C)(C)CC)CC1. The molecule has 0 heterocycles. The quantitative estimate of drug-likeness (QED) is 0.115. The number of esters is 2. The molecule has 224 valence electrons. The molecular formula is C34H64O4. The molecule has 0 saturated heterocycles. The zero-order valence-electron chi connectivity index (χ0n) is 26.7. The summed E-state index contributed by atoms with van der Waals surface area (Å²) in [7, 11) is 0. The van der Waals surface area contributed by atoms with Gasteiger partial charge in [0.05, 0.1) is 25.0 Å². The first-order valence-corrected chi connectivity index (χ1v) is 16.2. The molecule has 38 heavy (non-hydrogen) atoms. The second kappa shape index (κ2) is 18.3. The highest BCUT2D eigenvalue weighted by molar-refractivity contribution is 5.75. The van der Waals surface area contributed by atoms with Crippen LogP contribution < -0.4 is 0 Å². The molecule has 2 atom stereocenters. The number of hydrogen-bond acceptors (Lipinski definition) is 4. The van der Waals surface area contributed by atoms with Gasteiger partial charge in [-0.1, -0.05) is 93.9 Å². The fraction of sp³-hybridized carbons (Fsp3) is 0.941. The molecular weight excluding hydrogens is 472 g/mol. The maximum atomic E-state index is 12.5. The minimum absolute atomic E-state index is 0.0497. The van der Waals surface area contributed by atoms with Crippen LogP contribution in [0.2, 0.25) is 0 Å². The second-order valence-corrected chi connectivity index (χ2v) is 14.2. The number of hydrogen-bond donors (Lipinski definition) is 0. The van der Waals surface area contributed by atoms with Gasteiger partial charge in [0.2, 0.25) is 0 Å². The van der Waals surface area contributed by atoms with E-state index in [9.17, 15) is 9.59 Å². The Kier molecular flexibility index (Phi) is 16.9. The molecule has 0 N–H and O–H groups in total. The molecule has 0 aromatic heterocycles. The number of rotatable bonds is 20. The Labute approximate surface area is 236 Å². The third-order valence-corrected chi connectivity index (χ3v) is 9.58. The van der Waals surface area contributed by atoms with Gasteiger partial charge >= 0.3 is 11.9 Å². The van der Waals surface area contributed by atoms with Gasteiger partial charge in [-0.05, 0) is 86.9 Å². The molecule has 0 amide bonds. The highest BCUT2D eigenvalue weighted by atomic mass is 16.5. The lowest BCUT2D eigenvalue weighted by Crippen LogP contribution is -2.28. The smallest absolute Gasteiger partial charge is 0.308 e.